The lowest BCUT2D eigenvalue weighted by Gasteiger charge is -2.36. The van der Waals surface area contributed by atoms with E-state index in [0.717, 1.165) is 29.8 Å². The molecule has 8 heteroatoms. The zero-order chi connectivity index (χ0) is 20.4. The molecule has 0 unspecified atom stereocenters. The van der Waals surface area contributed by atoms with Crippen molar-refractivity contribution < 1.29 is 33.6 Å². The molecule has 0 bridgehead atoms. The van der Waals surface area contributed by atoms with E-state index in [1.165, 1.54) is 7.11 Å². The van der Waals surface area contributed by atoms with Gasteiger partial charge < -0.3 is 29.4 Å². The number of anilines is 1. The van der Waals surface area contributed by atoms with Gasteiger partial charge in [-0.2, -0.15) is 0 Å². The van der Waals surface area contributed by atoms with Crippen LogP contribution in [0.4, 0.5) is 5.69 Å². The van der Waals surface area contributed by atoms with Crippen LogP contribution in [0.2, 0.25) is 0 Å². The van der Waals surface area contributed by atoms with Gasteiger partial charge in [0.05, 0.1) is 26.2 Å². The average molecular weight is 405 g/mol. The number of esters is 1. The van der Waals surface area contributed by atoms with Gasteiger partial charge in [0, 0.05) is 36.3 Å². The highest BCUT2D eigenvalue weighted by Crippen LogP contribution is 2.47. The van der Waals surface area contributed by atoms with Crippen molar-refractivity contribution in [1.82, 2.24) is 0 Å². The minimum atomic E-state index is -0.518. The fourth-order valence-electron chi connectivity index (χ4n) is 4.44. The first-order valence-corrected chi connectivity index (χ1v) is 10.1. The molecule has 0 aromatic heterocycles. The predicted octanol–water partition coefficient (Wildman–Crippen LogP) is 1.61. The zero-order valence-electron chi connectivity index (χ0n) is 16.5. The minimum Gasteiger partial charge on any atom is -0.487 e. The summed E-state index contributed by atoms with van der Waals surface area (Å²) in [5.74, 6) is 0.330. The van der Waals surface area contributed by atoms with E-state index in [9.17, 15) is 14.7 Å². The molecule has 158 valence electrons. The van der Waals surface area contributed by atoms with Crippen molar-refractivity contribution in [2.45, 2.75) is 49.9 Å². The molecule has 0 spiro atoms. The topological polar surface area (TPSA) is 103 Å². The molecule has 0 aliphatic carbocycles. The van der Waals surface area contributed by atoms with Gasteiger partial charge in [-0.3, -0.25) is 9.59 Å². The van der Waals surface area contributed by atoms with E-state index < -0.39 is 6.10 Å². The molecule has 0 saturated carbocycles. The van der Waals surface area contributed by atoms with Crippen LogP contribution in [0.25, 0.3) is 0 Å². The number of hydrogen-bond acceptors (Lipinski definition) is 7. The highest BCUT2D eigenvalue weighted by Gasteiger charge is 2.46. The van der Waals surface area contributed by atoms with Crippen LogP contribution < -0.4 is 10.1 Å². The number of methoxy groups -OCH3 is 1. The summed E-state index contributed by atoms with van der Waals surface area (Å²) in [5, 5.41) is 12.8. The molecular weight excluding hydrogens is 378 g/mol. The normalized spacial score (nSPS) is 28.8. The lowest BCUT2D eigenvalue weighted by molar-refractivity contribution is -0.156. The summed E-state index contributed by atoms with van der Waals surface area (Å²) in [6.07, 6.45) is 0.995. The third kappa shape index (κ3) is 4.24. The maximum absolute atomic E-state index is 12.6. The van der Waals surface area contributed by atoms with Crippen LogP contribution in [0.5, 0.6) is 5.75 Å². The summed E-state index contributed by atoms with van der Waals surface area (Å²) in [7, 11) is 1.35. The van der Waals surface area contributed by atoms with Crippen molar-refractivity contribution in [3.05, 3.63) is 23.8 Å². The number of benzene rings is 1. The van der Waals surface area contributed by atoms with Crippen LogP contribution >= 0.6 is 0 Å². The Morgan fingerprint density at radius 2 is 2.07 bits per heavy atom. The predicted molar refractivity (Wildman–Crippen MR) is 103 cm³/mol. The van der Waals surface area contributed by atoms with E-state index in [-0.39, 0.29) is 48.9 Å². The number of carbonyl (C=O) groups excluding carboxylic acids is 2. The van der Waals surface area contributed by atoms with Crippen molar-refractivity contribution in [2.75, 3.05) is 32.2 Å². The van der Waals surface area contributed by atoms with Crippen molar-refractivity contribution in [2.24, 2.45) is 5.92 Å². The van der Waals surface area contributed by atoms with Crippen LogP contribution in [0.3, 0.4) is 0 Å². The van der Waals surface area contributed by atoms with Gasteiger partial charge in [-0.25, -0.2) is 0 Å². The van der Waals surface area contributed by atoms with Crippen LogP contribution in [0.15, 0.2) is 18.2 Å². The second-order valence-corrected chi connectivity index (χ2v) is 7.81. The van der Waals surface area contributed by atoms with Crippen molar-refractivity contribution >= 4 is 17.6 Å². The fourth-order valence-corrected chi connectivity index (χ4v) is 4.44. The molecule has 1 amide bonds. The number of hydrogen-bond donors (Lipinski definition) is 2. The maximum atomic E-state index is 12.6. The van der Waals surface area contributed by atoms with Gasteiger partial charge in [-0.15, -0.1) is 0 Å². The Morgan fingerprint density at radius 1 is 1.28 bits per heavy atom. The zero-order valence-corrected chi connectivity index (χ0v) is 16.5. The molecule has 3 aliphatic heterocycles. The first-order valence-electron chi connectivity index (χ1n) is 10.1. The highest BCUT2D eigenvalue weighted by molar-refractivity contribution is 5.92. The fraction of sp³-hybridized carbons (Fsp3) is 0.619. The summed E-state index contributed by atoms with van der Waals surface area (Å²) < 4.78 is 22.0. The van der Waals surface area contributed by atoms with Gasteiger partial charge in [0.1, 0.15) is 18.0 Å². The van der Waals surface area contributed by atoms with Crippen molar-refractivity contribution in [3.63, 3.8) is 0 Å². The maximum Gasteiger partial charge on any atom is 0.308 e. The van der Waals surface area contributed by atoms with Crippen LogP contribution in [-0.2, 0) is 23.8 Å². The number of carbonyl (C=O) groups is 2. The van der Waals surface area contributed by atoms with E-state index in [1.54, 1.807) is 0 Å². The Morgan fingerprint density at radius 3 is 2.79 bits per heavy atom. The molecule has 2 saturated heterocycles. The van der Waals surface area contributed by atoms with Crippen molar-refractivity contribution in [1.29, 1.82) is 0 Å². The molecule has 1 aromatic carbocycles. The number of nitrogens with one attached hydrogen (secondary N) is 1. The van der Waals surface area contributed by atoms with Gasteiger partial charge in [-0.05, 0) is 37.5 Å². The number of fused-ring (bicyclic) bond motifs is 3. The quantitative estimate of drug-likeness (QED) is 0.718. The molecule has 0 radical (unpaired) electrons. The molecule has 4 atom stereocenters. The minimum absolute atomic E-state index is 0.00694. The lowest BCUT2D eigenvalue weighted by Crippen LogP contribution is -2.46. The van der Waals surface area contributed by atoms with Gasteiger partial charge in [-0.1, -0.05) is 0 Å². The molecule has 3 heterocycles. The third-order valence-corrected chi connectivity index (χ3v) is 5.98. The average Bonchev–Trinajstić information content (AvgIpc) is 3.11. The number of aliphatic hydroxyl groups excluding tert-OH is 1. The summed E-state index contributed by atoms with van der Waals surface area (Å²) in [4.78, 5) is 24.2. The molecule has 4 rings (SSSR count). The van der Waals surface area contributed by atoms with Gasteiger partial charge in [0.2, 0.25) is 5.91 Å². The molecule has 29 heavy (non-hydrogen) atoms. The van der Waals surface area contributed by atoms with E-state index in [1.807, 2.05) is 18.2 Å². The van der Waals surface area contributed by atoms with Crippen LogP contribution in [-0.4, -0.2) is 62.2 Å². The Labute approximate surface area is 169 Å². The monoisotopic (exact) mass is 405 g/mol. The molecule has 8 nitrogen and oxygen atoms in total. The number of amides is 1. The van der Waals surface area contributed by atoms with Gasteiger partial charge >= 0.3 is 5.97 Å². The molecule has 1 aromatic rings. The lowest BCUT2D eigenvalue weighted by atomic mass is 9.84. The van der Waals surface area contributed by atoms with E-state index in [4.69, 9.17) is 18.9 Å². The van der Waals surface area contributed by atoms with Crippen molar-refractivity contribution in [3.8, 4) is 5.75 Å². The Balaban J connectivity index is 1.50. The van der Waals surface area contributed by atoms with Crippen LogP contribution in [0, 0.1) is 5.92 Å². The van der Waals surface area contributed by atoms with E-state index in [0.29, 0.717) is 19.6 Å². The first-order chi connectivity index (χ1) is 14.1. The number of aliphatic hydroxyl groups is 1. The van der Waals surface area contributed by atoms with Gasteiger partial charge in [0.15, 0.2) is 0 Å². The molecule has 2 fully saturated rings. The molecular formula is C21H27NO7. The summed E-state index contributed by atoms with van der Waals surface area (Å²) in [5.41, 5.74) is 1.69. The largest absolute Gasteiger partial charge is 0.487 e. The summed E-state index contributed by atoms with van der Waals surface area (Å²) in [6, 6.07) is 5.61. The standard InChI is InChI=1S/C21H27NO7/c1-26-19(24)10-14-9-16-15-8-13(22-21(25)12-4-6-27-7-5-12)2-3-17(15)29-20(16)18(11-23)28-14/h2-3,8,12,14,16,18,20,23H,4-7,9-11H2,1H3,(H,22,25)/t14-,16+,18+,20-/m1/s1. The molecule has 3 aliphatic rings. The third-order valence-electron chi connectivity index (χ3n) is 5.98. The highest BCUT2D eigenvalue weighted by atomic mass is 16.6. The second kappa shape index (κ2) is 8.69. The summed E-state index contributed by atoms with van der Waals surface area (Å²) >= 11 is 0. The molecule has 2 N–H and O–H groups in total. The van der Waals surface area contributed by atoms with E-state index in [2.05, 4.69) is 5.32 Å². The SMILES string of the molecule is COC(=O)C[C@H]1C[C@H]2c3cc(NC(=O)C4CCOCC4)ccc3O[C@H]2[C@H](CO)O1. The Kier molecular flexibility index (Phi) is 6.03. The smallest absolute Gasteiger partial charge is 0.308 e. The second-order valence-electron chi connectivity index (χ2n) is 7.81. The van der Waals surface area contributed by atoms with Gasteiger partial charge in [0.25, 0.3) is 0 Å². The first kappa shape index (κ1) is 20.1. The number of ether oxygens (including phenoxy) is 4. The number of rotatable bonds is 5. The Hall–Kier alpha value is -2.16. The van der Waals surface area contributed by atoms with E-state index >= 15 is 0 Å². The summed E-state index contributed by atoms with van der Waals surface area (Å²) in [6.45, 7) is 1.04. The van der Waals surface area contributed by atoms with Crippen LogP contribution in [0.1, 0.15) is 37.2 Å². The Bertz CT molecular complexity index is 761.